The molecular weight excluding hydrogens is 302 g/mol. The molecule has 0 saturated heterocycles. The molecular formula is C16H19NO4S. The molecule has 2 rings (SSSR count). The van der Waals surface area contributed by atoms with Crippen LogP contribution in [0, 0.1) is 13.8 Å². The van der Waals surface area contributed by atoms with E-state index in [1.807, 2.05) is 19.9 Å². The SMILES string of the molecule is Cc1ccc([C@@H](C)NC(=O)c2ccc(C)c(S(C)(=O)=O)c2)o1. The smallest absolute Gasteiger partial charge is 0.251 e. The van der Waals surface area contributed by atoms with Crippen LogP contribution in [0.4, 0.5) is 0 Å². The maximum Gasteiger partial charge on any atom is 0.251 e. The molecule has 1 amide bonds. The minimum atomic E-state index is -3.37. The van der Waals surface area contributed by atoms with Gasteiger partial charge in [0.1, 0.15) is 11.5 Å². The van der Waals surface area contributed by atoms with Crippen molar-refractivity contribution >= 4 is 15.7 Å². The van der Waals surface area contributed by atoms with Crippen molar-refractivity contribution in [2.24, 2.45) is 0 Å². The maximum atomic E-state index is 12.3. The first-order valence-electron chi connectivity index (χ1n) is 6.86. The molecule has 0 unspecified atom stereocenters. The highest BCUT2D eigenvalue weighted by atomic mass is 32.2. The average molecular weight is 321 g/mol. The number of rotatable bonds is 4. The maximum absolute atomic E-state index is 12.3. The van der Waals surface area contributed by atoms with E-state index in [0.717, 1.165) is 12.0 Å². The molecule has 0 bridgehead atoms. The molecule has 5 nitrogen and oxygen atoms in total. The topological polar surface area (TPSA) is 76.4 Å². The zero-order valence-corrected chi connectivity index (χ0v) is 13.8. The number of furan rings is 1. The van der Waals surface area contributed by atoms with E-state index in [2.05, 4.69) is 5.32 Å². The van der Waals surface area contributed by atoms with Gasteiger partial charge in [0.25, 0.3) is 5.91 Å². The lowest BCUT2D eigenvalue weighted by Crippen LogP contribution is -2.26. The van der Waals surface area contributed by atoms with Crippen LogP contribution in [-0.2, 0) is 9.84 Å². The third-order valence-electron chi connectivity index (χ3n) is 3.39. The summed E-state index contributed by atoms with van der Waals surface area (Å²) in [5.74, 6) is 1.08. The first-order valence-corrected chi connectivity index (χ1v) is 8.75. The summed E-state index contributed by atoms with van der Waals surface area (Å²) >= 11 is 0. The molecule has 0 saturated carbocycles. The van der Waals surface area contributed by atoms with Gasteiger partial charge in [-0.25, -0.2) is 8.42 Å². The van der Waals surface area contributed by atoms with E-state index in [1.165, 1.54) is 6.07 Å². The van der Waals surface area contributed by atoms with Gasteiger partial charge in [-0.1, -0.05) is 6.07 Å². The Morgan fingerprint density at radius 3 is 2.41 bits per heavy atom. The predicted octanol–water partition coefficient (Wildman–Crippen LogP) is 2.79. The lowest BCUT2D eigenvalue weighted by atomic mass is 10.1. The first-order chi connectivity index (χ1) is 10.2. The van der Waals surface area contributed by atoms with Crippen molar-refractivity contribution in [1.29, 1.82) is 0 Å². The minimum Gasteiger partial charge on any atom is -0.464 e. The number of carbonyl (C=O) groups is 1. The molecule has 0 aliphatic heterocycles. The van der Waals surface area contributed by atoms with Crippen LogP contribution in [-0.4, -0.2) is 20.6 Å². The molecule has 1 aromatic heterocycles. The van der Waals surface area contributed by atoms with E-state index < -0.39 is 9.84 Å². The number of hydrogen-bond acceptors (Lipinski definition) is 4. The van der Waals surface area contributed by atoms with E-state index >= 15 is 0 Å². The van der Waals surface area contributed by atoms with Gasteiger partial charge in [0.05, 0.1) is 10.9 Å². The molecule has 2 aromatic rings. The lowest BCUT2D eigenvalue weighted by Gasteiger charge is -2.13. The number of amides is 1. The summed E-state index contributed by atoms with van der Waals surface area (Å²) in [5.41, 5.74) is 0.926. The molecule has 0 aliphatic rings. The zero-order chi connectivity index (χ0) is 16.5. The van der Waals surface area contributed by atoms with Crippen molar-refractivity contribution in [2.45, 2.75) is 31.7 Å². The van der Waals surface area contributed by atoms with E-state index in [0.29, 0.717) is 16.9 Å². The van der Waals surface area contributed by atoms with Gasteiger partial charge < -0.3 is 9.73 Å². The fourth-order valence-corrected chi connectivity index (χ4v) is 3.17. The Labute approximate surface area is 130 Å². The van der Waals surface area contributed by atoms with E-state index in [-0.39, 0.29) is 16.8 Å². The standard InChI is InChI=1S/C16H19NO4S/c1-10-5-7-13(9-15(10)22(4,19)20)16(18)17-12(3)14-8-6-11(2)21-14/h5-9,12H,1-4H3,(H,17,18)/t12-/m1/s1. The molecule has 0 spiro atoms. The van der Waals surface area contributed by atoms with Crippen LogP contribution >= 0.6 is 0 Å². The van der Waals surface area contributed by atoms with Crippen LogP contribution in [0.1, 0.15) is 40.4 Å². The summed E-state index contributed by atoms with van der Waals surface area (Å²) in [5, 5.41) is 2.80. The van der Waals surface area contributed by atoms with Crippen molar-refractivity contribution < 1.29 is 17.6 Å². The highest BCUT2D eigenvalue weighted by molar-refractivity contribution is 7.90. The number of aryl methyl sites for hydroxylation is 2. The molecule has 6 heteroatoms. The summed E-state index contributed by atoms with van der Waals surface area (Å²) < 4.78 is 28.9. The summed E-state index contributed by atoms with van der Waals surface area (Å²) in [6.45, 7) is 5.34. The number of sulfone groups is 1. The van der Waals surface area contributed by atoms with Crippen LogP contribution in [0.3, 0.4) is 0 Å². The van der Waals surface area contributed by atoms with Crippen LogP contribution < -0.4 is 5.32 Å². The molecule has 1 atom stereocenters. The Morgan fingerprint density at radius 1 is 1.18 bits per heavy atom. The Bertz CT molecular complexity index is 805. The Kier molecular flexibility index (Phi) is 4.42. The Balaban J connectivity index is 2.23. The normalized spacial score (nSPS) is 12.9. The van der Waals surface area contributed by atoms with Crippen LogP contribution in [0.25, 0.3) is 0 Å². The summed E-state index contributed by atoms with van der Waals surface area (Å²) in [7, 11) is -3.37. The average Bonchev–Trinajstić information content (AvgIpc) is 2.84. The number of hydrogen-bond donors (Lipinski definition) is 1. The highest BCUT2D eigenvalue weighted by Gasteiger charge is 2.17. The van der Waals surface area contributed by atoms with Crippen LogP contribution in [0.2, 0.25) is 0 Å². The quantitative estimate of drug-likeness (QED) is 0.939. The van der Waals surface area contributed by atoms with Crippen molar-refractivity contribution in [3.8, 4) is 0 Å². The van der Waals surface area contributed by atoms with Gasteiger partial charge in [0.15, 0.2) is 9.84 Å². The number of benzene rings is 1. The molecule has 1 heterocycles. The Morgan fingerprint density at radius 2 is 1.86 bits per heavy atom. The second kappa shape index (κ2) is 5.96. The molecule has 0 fully saturated rings. The monoisotopic (exact) mass is 321 g/mol. The first kappa shape index (κ1) is 16.3. The number of carbonyl (C=O) groups excluding carboxylic acids is 1. The predicted molar refractivity (Wildman–Crippen MR) is 83.6 cm³/mol. The van der Waals surface area contributed by atoms with Crippen LogP contribution in [0.5, 0.6) is 0 Å². The molecule has 0 radical (unpaired) electrons. The second-order valence-electron chi connectivity index (χ2n) is 5.40. The second-order valence-corrected chi connectivity index (χ2v) is 7.38. The minimum absolute atomic E-state index is 0.168. The molecule has 1 N–H and O–H groups in total. The molecule has 118 valence electrons. The molecule has 1 aromatic carbocycles. The van der Waals surface area contributed by atoms with Gasteiger partial charge in [-0.3, -0.25) is 4.79 Å². The largest absolute Gasteiger partial charge is 0.464 e. The number of nitrogens with one attached hydrogen (secondary N) is 1. The molecule has 22 heavy (non-hydrogen) atoms. The van der Waals surface area contributed by atoms with Gasteiger partial charge in [0.2, 0.25) is 0 Å². The van der Waals surface area contributed by atoms with Gasteiger partial charge in [-0.15, -0.1) is 0 Å². The fourth-order valence-electron chi connectivity index (χ4n) is 2.18. The van der Waals surface area contributed by atoms with Crippen molar-refractivity contribution in [3.63, 3.8) is 0 Å². The highest BCUT2D eigenvalue weighted by Crippen LogP contribution is 2.19. The summed E-state index contributed by atoms with van der Waals surface area (Å²) in [6.07, 6.45) is 1.13. The Hall–Kier alpha value is -2.08. The van der Waals surface area contributed by atoms with E-state index in [9.17, 15) is 13.2 Å². The van der Waals surface area contributed by atoms with Crippen LogP contribution in [0.15, 0.2) is 39.6 Å². The fraction of sp³-hybridized carbons (Fsp3) is 0.312. The lowest BCUT2D eigenvalue weighted by molar-refractivity contribution is 0.0935. The van der Waals surface area contributed by atoms with Gasteiger partial charge >= 0.3 is 0 Å². The van der Waals surface area contributed by atoms with Gasteiger partial charge in [-0.2, -0.15) is 0 Å². The molecule has 0 aliphatic carbocycles. The van der Waals surface area contributed by atoms with E-state index in [1.54, 1.807) is 25.1 Å². The van der Waals surface area contributed by atoms with Crippen molar-refractivity contribution in [2.75, 3.05) is 6.26 Å². The summed E-state index contributed by atoms with van der Waals surface area (Å²) in [6, 6.07) is 7.97. The van der Waals surface area contributed by atoms with Crippen molar-refractivity contribution in [3.05, 3.63) is 53.0 Å². The summed E-state index contributed by atoms with van der Waals surface area (Å²) in [4.78, 5) is 12.4. The van der Waals surface area contributed by atoms with Gasteiger partial charge in [-0.05, 0) is 50.6 Å². The zero-order valence-electron chi connectivity index (χ0n) is 13.0. The van der Waals surface area contributed by atoms with Crippen molar-refractivity contribution in [1.82, 2.24) is 5.32 Å². The van der Waals surface area contributed by atoms with Gasteiger partial charge in [0, 0.05) is 11.8 Å². The third kappa shape index (κ3) is 3.57. The van der Waals surface area contributed by atoms with E-state index in [4.69, 9.17) is 4.42 Å². The third-order valence-corrected chi connectivity index (χ3v) is 4.62.